The molecule has 4 aliphatic rings. The number of para-hydroxylation sites is 2. The highest BCUT2D eigenvalue weighted by Gasteiger charge is 2.39. The Labute approximate surface area is 366 Å². The lowest BCUT2D eigenvalue weighted by atomic mass is 10.00. The maximum atomic E-state index is 13.3. The van der Waals surface area contributed by atoms with Gasteiger partial charge in [0, 0.05) is 61.5 Å². The minimum absolute atomic E-state index is 0.0186. The number of amides is 2. The van der Waals surface area contributed by atoms with Crippen LogP contribution in [-0.4, -0.2) is 80.8 Å². The number of sulfonamides is 2. The van der Waals surface area contributed by atoms with E-state index in [4.69, 9.17) is 9.47 Å². The predicted octanol–water partition coefficient (Wildman–Crippen LogP) is 8.19. The molecule has 0 aromatic heterocycles. The Balaban J connectivity index is 0.000000174. The average molecular weight is 894 g/mol. The van der Waals surface area contributed by atoms with Crippen molar-refractivity contribution in [3.8, 4) is 11.1 Å². The number of nitrogens with zero attached hydrogens (tertiary/aromatic N) is 5. The molecule has 0 spiro atoms. The van der Waals surface area contributed by atoms with Gasteiger partial charge in [0.15, 0.2) is 0 Å². The smallest absolute Gasteiger partial charge is 0.414 e. The number of hydrogen-bond donors (Lipinski definition) is 0. The number of piperidine rings is 2. The minimum Gasteiger partial charge on any atom is -0.444 e. The van der Waals surface area contributed by atoms with Gasteiger partial charge in [0.1, 0.15) is 13.2 Å². The third-order valence-corrected chi connectivity index (χ3v) is 15.9. The van der Waals surface area contributed by atoms with Crippen LogP contribution < -0.4 is 9.80 Å². The van der Waals surface area contributed by atoms with Crippen LogP contribution in [0.2, 0.25) is 0 Å². The van der Waals surface area contributed by atoms with Crippen LogP contribution in [0.25, 0.3) is 11.1 Å². The van der Waals surface area contributed by atoms with E-state index >= 15 is 0 Å². The Morgan fingerprint density at radius 3 is 1.35 bits per heavy atom. The third-order valence-electron chi connectivity index (χ3n) is 12.1. The van der Waals surface area contributed by atoms with Gasteiger partial charge < -0.3 is 9.47 Å². The number of aryl methyl sites for hydroxylation is 2. The van der Waals surface area contributed by atoms with E-state index in [9.17, 15) is 36.5 Å². The molecule has 15 nitrogen and oxygen atoms in total. The van der Waals surface area contributed by atoms with Crippen LogP contribution in [0.4, 0.5) is 26.7 Å². The lowest BCUT2D eigenvalue weighted by Gasteiger charge is -2.40. The Hall–Kier alpha value is -6.14. The average Bonchev–Trinajstić information content (AvgIpc) is 3.30. The van der Waals surface area contributed by atoms with E-state index in [0.29, 0.717) is 43.7 Å². The van der Waals surface area contributed by atoms with Crippen molar-refractivity contribution in [2.75, 3.05) is 36.0 Å². The summed E-state index contributed by atoms with van der Waals surface area (Å²) in [5, 5.41) is 10.8. The zero-order valence-electron chi connectivity index (χ0n) is 34.8. The molecule has 2 amide bonds. The molecule has 5 aromatic rings. The molecule has 4 heterocycles. The van der Waals surface area contributed by atoms with Crippen molar-refractivity contribution in [1.29, 1.82) is 0 Å². The molecule has 0 aliphatic carbocycles. The zero-order valence-corrected chi connectivity index (χ0v) is 36.5. The first-order valence-electron chi connectivity index (χ1n) is 20.7. The van der Waals surface area contributed by atoms with Gasteiger partial charge in [-0.1, -0.05) is 78.9 Å². The number of nitro benzene ring substituents is 1. The number of rotatable bonds is 8. The Bertz CT molecular complexity index is 2740. The summed E-state index contributed by atoms with van der Waals surface area (Å²) in [6.45, 7) is 5.65. The Morgan fingerprint density at radius 2 is 0.937 bits per heavy atom. The van der Waals surface area contributed by atoms with Crippen LogP contribution in [-0.2, 0) is 42.7 Å². The second-order valence-electron chi connectivity index (χ2n) is 15.9. The summed E-state index contributed by atoms with van der Waals surface area (Å²) in [6.07, 6.45) is 1.29. The Kier molecular flexibility index (Phi) is 12.4. The maximum Gasteiger partial charge on any atom is 0.414 e. The first-order valence-corrected chi connectivity index (χ1v) is 23.6. The van der Waals surface area contributed by atoms with Crippen molar-refractivity contribution >= 4 is 49.3 Å². The van der Waals surface area contributed by atoms with Crippen LogP contribution in [0, 0.1) is 24.0 Å². The normalized spacial score (nSPS) is 17.7. The van der Waals surface area contributed by atoms with E-state index in [1.54, 1.807) is 21.9 Å². The molecule has 0 saturated carbocycles. The van der Waals surface area contributed by atoms with Crippen LogP contribution >= 0.6 is 0 Å². The number of fused-ring (bicyclic) bond motifs is 2. The van der Waals surface area contributed by atoms with Gasteiger partial charge in [-0.25, -0.2) is 26.4 Å². The van der Waals surface area contributed by atoms with Crippen molar-refractivity contribution in [3.63, 3.8) is 0 Å². The number of cyclic esters (lactones) is 2. The fourth-order valence-electron chi connectivity index (χ4n) is 8.80. The van der Waals surface area contributed by atoms with Crippen LogP contribution in [0.1, 0.15) is 47.9 Å². The standard InChI is InChI=1S/C26H26N2O4S.C20H21N3O6S/c1-19-6-5-9-22-18-32-26(29)28(25(19)22)23-14-16-27(17-15-23)33(30,31)24-12-10-21(11-13-24)20-7-3-2-4-8-20;1-14-3-2-4-15-13-29-20(24)22(19(14)15)16-9-11-21(12-10-16)30(27,28)18-7-5-17(6-8-18)23(25)26/h2-13,23H,14-18H2,1H3;2-8,16H,9-13H2,1H3. The second kappa shape index (κ2) is 17.9. The van der Waals surface area contributed by atoms with Gasteiger partial charge in [-0.2, -0.15) is 8.61 Å². The summed E-state index contributed by atoms with van der Waals surface area (Å²) in [5.41, 5.74) is 7.56. The molecule has 9 rings (SSSR count). The van der Waals surface area contributed by atoms with Crippen molar-refractivity contribution in [3.05, 3.63) is 148 Å². The summed E-state index contributed by atoms with van der Waals surface area (Å²) in [5.74, 6) is 0. The second-order valence-corrected chi connectivity index (χ2v) is 19.8. The number of non-ortho nitro benzene ring substituents is 1. The van der Waals surface area contributed by atoms with E-state index in [2.05, 4.69) is 0 Å². The summed E-state index contributed by atoms with van der Waals surface area (Å²) in [7, 11) is -7.36. The molecule has 328 valence electrons. The molecule has 2 fully saturated rings. The first-order chi connectivity index (χ1) is 30.2. The van der Waals surface area contributed by atoms with Crippen molar-refractivity contribution in [1.82, 2.24) is 8.61 Å². The quantitative estimate of drug-likeness (QED) is 0.109. The number of carbonyl (C=O) groups excluding carboxylic acids is 2. The number of ether oxygens (including phenoxy) is 2. The fraction of sp³-hybridized carbons (Fsp3) is 0.304. The van der Waals surface area contributed by atoms with E-state index in [-0.39, 0.29) is 55.1 Å². The van der Waals surface area contributed by atoms with Crippen LogP contribution in [0.3, 0.4) is 0 Å². The monoisotopic (exact) mass is 893 g/mol. The molecule has 5 aromatic carbocycles. The molecule has 17 heteroatoms. The molecule has 2 saturated heterocycles. The molecule has 0 atom stereocenters. The highest BCUT2D eigenvalue weighted by atomic mass is 32.2. The molecule has 4 aliphatic heterocycles. The SMILES string of the molecule is Cc1cccc2c1N(C1CCN(S(=O)(=O)c3ccc(-c4ccccc4)cc3)CC1)C(=O)OC2.Cc1cccc2c1N(C1CCN(S(=O)(=O)c3ccc([N+](=O)[O-])cc3)CC1)C(=O)OC2. The molecule has 0 radical (unpaired) electrons. The molecule has 63 heavy (non-hydrogen) atoms. The third kappa shape index (κ3) is 8.78. The molecule has 0 N–H and O–H groups in total. The first kappa shape index (κ1) is 43.5. The summed E-state index contributed by atoms with van der Waals surface area (Å²) >= 11 is 0. The van der Waals surface area contributed by atoms with Crippen LogP contribution in [0.15, 0.2) is 125 Å². The number of benzene rings is 5. The zero-order chi connectivity index (χ0) is 44.5. The van der Waals surface area contributed by atoms with Crippen molar-refractivity contribution in [2.45, 2.75) is 74.6 Å². The van der Waals surface area contributed by atoms with Gasteiger partial charge >= 0.3 is 12.2 Å². The summed E-state index contributed by atoms with van der Waals surface area (Å²) in [6, 6.07) is 33.2. The molecule has 0 bridgehead atoms. The van der Waals surface area contributed by atoms with Gasteiger partial charge in [-0.15, -0.1) is 0 Å². The Morgan fingerprint density at radius 1 is 0.540 bits per heavy atom. The summed E-state index contributed by atoms with van der Waals surface area (Å²) < 4.78 is 65.9. The van der Waals surface area contributed by atoms with E-state index in [1.165, 1.54) is 32.9 Å². The highest BCUT2D eigenvalue weighted by Crippen LogP contribution is 2.37. The minimum atomic E-state index is -3.76. The highest BCUT2D eigenvalue weighted by molar-refractivity contribution is 7.89. The number of hydrogen-bond acceptors (Lipinski definition) is 10. The molecular weight excluding hydrogens is 847 g/mol. The largest absolute Gasteiger partial charge is 0.444 e. The fourth-order valence-corrected chi connectivity index (χ4v) is 11.7. The van der Waals surface area contributed by atoms with Gasteiger partial charge in [0.2, 0.25) is 20.0 Å². The van der Waals surface area contributed by atoms with Gasteiger partial charge in [0.05, 0.1) is 26.1 Å². The van der Waals surface area contributed by atoms with Gasteiger partial charge in [0.25, 0.3) is 5.69 Å². The maximum absolute atomic E-state index is 13.3. The van der Waals surface area contributed by atoms with Gasteiger partial charge in [-0.05, 0) is 86.1 Å². The number of anilines is 2. The van der Waals surface area contributed by atoms with Crippen LogP contribution in [0.5, 0.6) is 0 Å². The number of carbonyl (C=O) groups is 2. The lowest BCUT2D eigenvalue weighted by Crippen LogP contribution is -2.50. The van der Waals surface area contributed by atoms with E-state index in [0.717, 1.165) is 44.8 Å². The topological polar surface area (TPSA) is 177 Å². The van der Waals surface area contributed by atoms with E-state index < -0.39 is 31.1 Å². The van der Waals surface area contributed by atoms with Crippen molar-refractivity contribution < 1.29 is 40.8 Å². The summed E-state index contributed by atoms with van der Waals surface area (Å²) in [4.78, 5) is 39.1. The molecular formula is C46H47N5O10S2. The predicted molar refractivity (Wildman–Crippen MR) is 236 cm³/mol. The molecule has 0 unspecified atom stereocenters. The van der Waals surface area contributed by atoms with Crippen molar-refractivity contribution in [2.24, 2.45) is 0 Å². The van der Waals surface area contributed by atoms with Gasteiger partial charge in [-0.3, -0.25) is 19.9 Å². The number of nitro groups is 1. The van der Waals surface area contributed by atoms with E-state index in [1.807, 2.05) is 92.7 Å². The lowest BCUT2D eigenvalue weighted by molar-refractivity contribution is -0.384.